The molecular weight excluding hydrogens is 305 g/mol. The van der Waals surface area contributed by atoms with Crippen LogP contribution in [0.5, 0.6) is 0 Å². The molecule has 18 heavy (non-hydrogen) atoms. The van der Waals surface area contributed by atoms with Gasteiger partial charge in [0.2, 0.25) is 0 Å². The van der Waals surface area contributed by atoms with Crippen LogP contribution < -0.4 is 5.32 Å². The molecule has 0 aliphatic rings. The fraction of sp³-hybridized carbons (Fsp3) is 0.300. The average Bonchev–Trinajstić information content (AvgIpc) is 2.32. The molecule has 0 aromatic heterocycles. The van der Waals surface area contributed by atoms with Crippen molar-refractivity contribution in [3.8, 4) is 0 Å². The molecule has 0 fully saturated rings. The summed E-state index contributed by atoms with van der Waals surface area (Å²) in [4.78, 5) is 12.5. The molecule has 1 N–H and O–H groups in total. The van der Waals surface area contributed by atoms with Crippen molar-refractivity contribution in [1.82, 2.24) is 4.90 Å². The second-order valence-corrected chi connectivity index (χ2v) is 4.69. The van der Waals surface area contributed by atoms with Gasteiger partial charge in [0.1, 0.15) is 0 Å². The first-order valence-electron chi connectivity index (χ1n) is 4.73. The number of carbonyl (C=O) groups is 1. The first-order chi connectivity index (χ1) is 8.31. The minimum Gasteiger partial charge on any atom is -0.331 e. The van der Waals surface area contributed by atoms with Crippen LogP contribution in [0, 0.1) is 11.6 Å². The number of hydrogen-bond donors (Lipinski definition) is 2. The number of anilines is 1. The molecule has 0 heterocycles. The van der Waals surface area contributed by atoms with E-state index in [1.165, 1.54) is 14.1 Å². The van der Waals surface area contributed by atoms with Gasteiger partial charge in [-0.1, -0.05) is 11.6 Å². The summed E-state index contributed by atoms with van der Waals surface area (Å²) in [6.07, 6.45) is 0. The van der Waals surface area contributed by atoms with E-state index in [0.29, 0.717) is 0 Å². The quantitative estimate of drug-likeness (QED) is 0.486. The van der Waals surface area contributed by atoms with E-state index in [0.717, 1.165) is 4.90 Å². The standard InChI is InChI=1S/C10H10Cl2F2N2OS/c1-16(2)10(17)15-8-7(14)6(13)4(3-11)5(12)9(8)18/h18H,3H2,1-2H3,(H,15,17). The monoisotopic (exact) mass is 314 g/mol. The van der Waals surface area contributed by atoms with Gasteiger partial charge in [0, 0.05) is 19.7 Å². The van der Waals surface area contributed by atoms with E-state index in [9.17, 15) is 13.6 Å². The lowest BCUT2D eigenvalue weighted by Crippen LogP contribution is -2.28. The van der Waals surface area contributed by atoms with E-state index in [-0.39, 0.29) is 21.4 Å². The van der Waals surface area contributed by atoms with Crippen molar-refractivity contribution in [2.75, 3.05) is 19.4 Å². The van der Waals surface area contributed by atoms with Gasteiger partial charge in [-0.3, -0.25) is 0 Å². The van der Waals surface area contributed by atoms with Crippen molar-refractivity contribution in [1.29, 1.82) is 0 Å². The zero-order valence-electron chi connectivity index (χ0n) is 9.52. The molecule has 8 heteroatoms. The fourth-order valence-electron chi connectivity index (χ4n) is 1.15. The minimum absolute atomic E-state index is 0.0681. The van der Waals surface area contributed by atoms with Gasteiger partial charge in [0.25, 0.3) is 0 Å². The molecule has 0 spiro atoms. The van der Waals surface area contributed by atoms with Crippen molar-refractivity contribution in [3.05, 3.63) is 22.2 Å². The van der Waals surface area contributed by atoms with E-state index in [4.69, 9.17) is 23.2 Å². The average molecular weight is 315 g/mol. The number of nitrogens with one attached hydrogen (secondary N) is 1. The Hall–Kier alpha value is -0.720. The molecule has 0 aliphatic heterocycles. The predicted octanol–water partition coefficient (Wildman–Crippen LogP) is 3.74. The van der Waals surface area contributed by atoms with E-state index in [2.05, 4.69) is 17.9 Å². The van der Waals surface area contributed by atoms with Crippen LogP contribution in [0.25, 0.3) is 0 Å². The summed E-state index contributed by atoms with van der Waals surface area (Å²) in [6, 6.07) is -0.627. The van der Waals surface area contributed by atoms with Gasteiger partial charge in [-0.15, -0.1) is 24.2 Å². The SMILES string of the molecule is CN(C)C(=O)Nc1c(F)c(F)c(CCl)c(Cl)c1S. The molecule has 0 saturated carbocycles. The molecule has 1 aromatic rings. The third kappa shape index (κ3) is 2.81. The molecule has 0 radical (unpaired) electrons. The van der Waals surface area contributed by atoms with Crippen molar-refractivity contribution in [2.45, 2.75) is 10.8 Å². The highest BCUT2D eigenvalue weighted by atomic mass is 35.5. The number of nitrogens with zero attached hydrogens (tertiary/aromatic N) is 1. The highest BCUT2D eigenvalue weighted by Gasteiger charge is 2.23. The Morgan fingerprint density at radius 3 is 2.39 bits per heavy atom. The number of halogens is 4. The molecular formula is C10H10Cl2F2N2OS. The number of hydrogen-bond acceptors (Lipinski definition) is 2. The van der Waals surface area contributed by atoms with Crippen LogP contribution in [0.3, 0.4) is 0 Å². The Labute approximate surface area is 118 Å². The minimum atomic E-state index is -1.24. The highest BCUT2D eigenvalue weighted by Crippen LogP contribution is 2.37. The summed E-state index contributed by atoms with van der Waals surface area (Å²) in [6.45, 7) is 0. The largest absolute Gasteiger partial charge is 0.331 e. The predicted molar refractivity (Wildman–Crippen MR) is 70.9 cm³/mol. The maximum atomic E-state index is 13.7. The number of urea groups is 1. The first-order valence-corrected chi connectivity index (χ1v) is 6.09. The van der Waals surface area contributed by atoms with Gasteiger partial charge < -0.3 is 10.2 Å². The van der Waals surface area contributed by atoms with Crippen molar-refractivity contribution in [3.63, 3.8) is 0 Å². The number of amides is 2. The van der Waals surface area contributed by atoms with Gasteiger partial charge in [0.15, 0.2) is 11.6 Å². The summed E-state index contributed by atoms with van der Waals surface area (Å²) in [5.41, 5.74) is -0.600. The van der Waals surface area contributed by atoms with Gasteiger partial charge in [-0.25, -0.2) is 13.6 Å². The zero-order chi connectivity index (χ0) is 14.0. The summed E-state index contributed by atoms with van der Waals surface area (Å²) in [5, 5.41) is 2.06. The summed E-state index contributed by atoms with van der Waals surface area (Å²) < 4.78 is 27.4. The molecule has 0 bridgehead atoms. The number of thiol groups is 1. The van der Waals surface area contributed by atoms with Crippen molar-refractivity contribution in [2.24, 2.45) is 0 Å². The lowest BCUT2D eigenvalue weighted by atomic mass is 10.2. The molecule has 0 aliphatic carbocycles. The molecule has 3 nitrogen and oxygen atoms in total. The maximum absolute atomic E-state index is 13.7. The molecule has 0 atom stereocenters. The lowest BCUT2D eigenvalue weighted by Gasteiger charge is -2.16. The van der Waals surface area contributed by atoms with Gasteiger partial charge in [0.05, 0.1) is 21.5 Å². The summed E-state index contributed by atoms with van der Waals surface area (Å²) in [5.74, 6) is -2.73. The van der Waals surface area contributed by atoms with Gasteiger partial charge in [-0.05, 0) is 0 Å². The van der Waals surface area contributed by atoms with Crippen LogP contribution in [0.2, 0.25) is 5.02 Å². The maximum Gasteiger partial charge on any atom is 0.321 e. The Morgan fingerprint density at radius 1 is 1.39 bits per heavy atom. The smallest absolute Gasteiger partial charge is 0.321 e. The Morgan fingerprint density at radius 2 is 1.94 bits per heavy atom. The Kier molecular flexibility index (Phi) is 5.07. The van der Waals surface area contributed by atoms with Crippen LogP contribution in [0.15, 0.2) is 4.90 Å². The van der Waals surface area contributed by atoms with Crippen molar-refractivity contribution < 1.29 is 13.6 Å². The molecule has 100 valence electrons. The molecule has 1 aromatic carbocycles. The summed E-state index contributed by atoms with van der Waals surface area (Å²) in [7, 11) is 2.91. The van der Waals surface area contributed by atoms with Crippen LogP contribution in [-0.4, -0.2) is 25.0 Å². The topological polar surface area (TPSA) is 32.3 Å². The van der Waals surface area contributed by atoms with Crippen molar-refractivity contribution >= 4 is 47.5 Å². The molecule has 0 unspecified atom stereocenters. The number of alkyl halides is 1. The first kappa shape index (κ1) is 15.3. The van der Waals surface area contributed by atoms with Crippen LogP contribution >= 0.6 is 35.8 Å². The third-order valence-electron chi connectivity index (χ3n) is 2.16. The third-order valence-corrected chi connectivity index (χ3v) is 3.42. The van der Waals surface area contributed by atoms with Gasteiger partial charge >= 0.3 is 6.03 Å². The molecule has 1 rings (SSSR count). The van der Waals surface area contributed by atoms with E-state index in [1.807, 2.05) is 0 Å². The second kappa shape index (κ2) is 5.95. The number of benzene rings is 1. The van der Waals surface area contributed by atoms with Gasteiger partial charge in [-0.2, -0.15) is 0 Å². The van der Waals surface area contributed by atoms with E-state index >= 15 is 0 Å². The van der Waals surface area contributed by atoms with Crippen LogP contribution in [-0.2, 0) is 5.88 Å². The summed E-state index contributed by atoms with van der Waals surface area (Å²) >= 11 is 15.2. The second-order valence-electron chi connectivity index (χ2n) is 3.60. The van der Waals surface area contributed by atoms with Crippen LogP contribution in [0.1, 0.15) is 5.56 Å². The van der Waals surface area contributed by atoms with E-state index in [1.54, 1.807) is 0 Å². The zero-order valence-corrected chi connectivity index (χ0v) is 11.9. The Bertz CT molecular complexity index is 468. The van der Waals surface area contributed by atoms with E-state index < -0.39 is 23.4 Å². The normalized spacial score (nSPS) is 10.4. The lowest BCUT2D eigenvalue weighted by molar-refractivity contribution is 0.230. The Balaban J connectivity index is 3.34. The molecule has 2 amide bonds. The highest BCUT2D eigenvalue weighted by molar-refractivity contribution is 7.80. The number of carbonyl (C=O) groups excluding carboxylic acids is 1. The number of rotatable bonds is 2. The fourth-order valence-corrected chi connectivity index (χ4v) is 2.00. The van der Waals surface area contributed by atoms with Crippen LogP contribution in [0.4, 0.5) is 19.3 Å². The molecule has 0 saturated heterocycles.